The summed E-state index contributed by atoms with van der Waals surface area (Å²) in [4.78, 5) is 13.8. The average Bonchev–Trinajstić information content (AvgIpc) is 2.24. The normalized spacial score (nSPS) is 9.36. The smallest absolute Gasteiger partial charge is 0.267 e. The fourth-order valence-electron chi connectivity index (χ4n) is 0.400. The zero-order valence-electron chi connectivity index (χ0n) is 9.87. The number of rotatable bonds is 3. The van der Waals surface area contributed by atoms with Crippen molar-refractivity contribution in [3.63, 3.8) is 0 Å². The second-order valence-corrected chi connectivity index (χ2v) is 1.60. The van der Waals surface area contributed by atoms with Gasteiger partial charge in [0.1, 0.15) is 5.70 Å². The average molecular weight is 198 g/mol. The number of aliphatic imine (C=N–C) groups is 1. The minimum Gasteiger partial charge on any atom is -0.364 e. The maximum Gasteiger partial charge on any atom is 0.267 e. The molecule has 0 aromatic carbocycles. The quantitative estimate of drug-likeness (QED) is 0.423. The fourth-order valence-corrected chi connectivity index (χ4v) is 0.400. The molecule has 0 atom stereocenters. The Hall–Kier alpha value is -1.38. The van der Waals surface area contributed by atoms with Gasteiger partial charge in [-0.25, -0.2) is 0 Å². The number of nitrogens with zero attached hydrogens (tertiary/aromatic N) is 1. The van der Waals surface area contributed by atoms with Gasteiger partial charge in [-0.2, -0.15) is 0 Å². The molecule has 0 saturated carbocycles. The first kappa shape index (κ1) is 18.4. The van der Waals surface area contributed by atoms with E-state index in [-0.39, 0.29) is 5.70 Å². The van der Waals surface area contributed by atoms with Gasteiger partial charge in [0.2, 0.25) is 0 Å². The molecule has 0 aromatic heterocycles. The Morgan fingerprint density at radius 1 is 1.29 bits per heavy atom. The summed E-state index contributed by atoms with van der Waals surface area (Å²) in [6.45, 7) is 13.0. The number of nitrogens with two attached hydrogens (primary N) is 1. The lowest BCUT2D eigenvalue weighted by atomic mass is 10.3. The van der Waals surface area contributed by atoms with E-state index in [1.807, 2.05) is 34.6 Å². The van der Waals surface area contributed by atoms with E-state index in [4.69, 9.17) is 5.73 Å². The molecule has 0 aliphatic heterocycles. The number of allylic oxidation sites excluding steroid dienone is 3. The van der Waals surface area contributed by atoms with Gasteiger partial charge in [0, 0.05) is 0 Å². The molecule has 3 heteroatoms. The number of amides is 1. The first-order chi connectivity index (χ1) is 6.72. The van der Waals surface area contributed by atoms with Crippen LogP contribution in [-0.2, 0) is 4.79 Å². The maximum atomic E-state index is 10.4. The first-order valence-electron chi connectivity index (χ1n) is 4.82. The molecule has 0 heterocycles. The SMILES string of the molecule is C=N/C(=C\C=C/C)C(N)=O.CC.CC. The molecule has 0 radical (unpaired) electrons. The van der Waals surface area contributed by atoms with Crippen LogP contribution in [0.25, 0.3) is 0 Å². The van der Waals surface area contributed by atoms with Gasteiger partial charge in [-0.3, -0.25) is 9.79 Å². The monoisotopic (exact) mass is 198 g/mol. The summed E-state index contributed by atoms with van der Waals surface area (Å²) in [5.41, 5.74) is 5.09. The predicted octanol–water partition coefficient (Wildman–Crippen LogP) is 2.68. The minimum atomic E-state index is -0.562. The number of primary amides is 1. The lowest BCUT2D eigenvalue weighted by molar-refractivity contribution is -0.114. The van der Waals surface area contributed by atoms with Gasteiger partial charge >= 0.3 is 0 Å². The molecule has 0 unspecified atom stereocenters. The van der Waals surface area contributed by atoms with Gasteiger partial charge < -0.3 is 5.73 Å². The lowest BCUT2D eigenvalue weighted by Crippen LogP contribution is -2.11. The molecule has 0 rings (SSSR count). The summed E-state index contributed by atoms with van der Waals surface area (Å²) in [5.74, 6) is -0.562. The van der Waals surface area contributed by atoms with Crippen LogP contribution in [-0.4, -0.2) is 12.6 Å². The Morgan fingerprint density at radius 2 is 1.71 bits per heavy atom. The van der Waals surface area contributed by atoms with Crippen molar-refractivity contribution in [2.24, 2.45) is 10.7 Å². The van der Waals surface area contributed by atoms with E-state index in [0.717, 1.165) is 0 Å². The van der Waals surface area contributed by atoms with Crippen LogP contribution < -0.4 is 5.73 Å². The molecule has 0 fully saturated rings. The molecular formula is C11H22N2O. The van der Waals surface area contributed by atoms with Crippen LogP contribution in [0.15, 0.2) is 28.9 Å². The van der Waals surface area contributed by atoms with Crippen LogP contribution in [0.3, 0.4) is 0 Å². The second-order valence-electron chi connectivity index (χ2n) is 1.60. The molecular weight excluding hydrogens is 176 g/mol. The highest BCUT2D eigenvalue weighted by Gasteiger charge is 1.96. The van der Waals surface area contributed by atoms with Gasteiger partial charge in [0.25, 0.3) is 5.91 Å². The Labute approximate surface area is 87.4 Å². The predicted molar refractivity (Wildman–Crippen MR) is 64.3 cm³/mol. The molecule has 0 aliphatic carbocycles. The zero-order chi connectivity index (χ0) is 12.0. The van der Waals surface area contributed by atoms with Crippen LogP contribution in [0.5, 0.6) is 0 Å². The molecule has 3 nitrogen and oxygen atoms in total. The third kappa shape index (κ3) is 13.2. The molecule has 82 valence electrons. The van der Waals surface area contributed by atoms with E-state index in [1.54, 1.807) is 12.2 Å². The summed E-state index contributed by atoms with van der Waals surface area (Å²) >= 11 is 0. The van der Waals surface area contributed by atoms with Crippen molar-refractivity contribution < 1.29 is 4.79 Å². The lowest BCUT2D eigenvalue weighted by Gasteiger charge is -1.88. The van der Waals surface area contributed by atoms with Gasteiger partial charge in [-0.15, -0.1) is 0 Å². The number of carbonyl (C=O) groups is 1. The summed E-state index contributed by atoms with van der Waals surface area (Å²) in [5, 5.41) is 0. The summed E-state index contributed by atoms with van der Waals surface area (Å²) in [6.07, 6.45) is 4.96. The zero-order valence-corrected chi connectivity index (χ0v) is 9.87. The molecule has 0 aromatic rings. The number of hydrogen-bond donors (Lipinski definition) is 1. The van der Waals surface area contributed by atoms with Crippen molar-refractivity contribution in [1.82, 2.24) is 0 Å². The van der Waals surface area contributed by atoms with Crippen LogP contribution in [0.1, 0.15) is 34.6 Å². The Balaban J connectivity index is -0.000000266. The van der Waals surface area contributed by atoms with E-state index in [2.05, 4.69) is 11.7 Å². The minimum absolute atomic E-state index is 0.179. The highest BCUT2D eigenvalue weighted by molar-refractivity contribution is 5.92. The van der Waals surface area contributed by atoms with Crippen molar-refractivity contribution in [3.8, 4) is 0 Å². The van der Waals surface area contributed by atoms with Gasteiger partial charge in [-0.05, 0) is 19.7 Å². The fraction of sp³-hybridized carbons (Fsp3) is 0.455. The largest absolute Gasteiger partial charge is 0.364 e. The topological polar surface area (TPSA) is 55.4 Å². The van der Waals surface area contributed by atoms with Crippen molar-refractivity contribution in [3.05, 3.63) is 23.9 Å². The summed E-state index contributed by atoms with van der Waals surface area (Å²) < 4.78 is 0. The highest BCUT2D eigenvalue weighted by atomic mass is 16.1. The Morgan fingerprint density at radius 3 is 1.93 bits per heavy atom. The molecule has 14 heavy (non-hydrogen) atoms. The van der Waals surface area contributed by atoms with E-state index in [1.165, 1.54) is 6.08 Å². The van der Waals surface area contributed by atoms with Crippen molar-refractivity contribution in [2.45, 2.75) is 34.6 Å². The summed E-state index contributed by atoms with van der Waals surface area (Å²) in [7, 11) is 0. The number of carbonyl (C=O) groups excluding carboxylic acids is 1. The van der Waals surface area contributed by atoms with Crippen molar-refractivity contribution >= 4 is 12.6 Å². The van der Waals surface area contributed by atoms with E-state index in [9.17, 15) is 4.79 Å². The molecule has 2 N–H and O–H groups in total. The number of hydrogen-bond acceptors (Lipinski definition) is 2. The molecule has 0 aliphatic rings. The molecule has 0 spiro atoms. The maximum absolute atomic E-state index is 10.4. The highest BCUT2D eigenvalue weighted by Crippen LogP contribution is 1.93. The van der Waals surface area contributed by atoms with Gasteiger partial charge in [0.15, 0.2) is 0 Å². The van der Waals surface area contributed by atoms with Crippen LogP contribution in [0, 0.1) is 0 Å². The Kier molecular flexibility index (Phi) is 23.2. The van der Waals surface area contributed by atoms with Crippen molar-refractivity contribution in [1.29, 1.82) is 0 Å². The van der Waals surface area contributed by atoms with Crippen LogP contribution in [0.4, 0.5) is 0 Å². The van der Waals surface area contributed by atoms with Crippen LogP contribution >= 0.6 is 0 Å². The van der Waals surface area contributed by atoms with E-state index < -0.39 is 5.91 Å². The first-order valence-corrected chi connectivity index (χ1v) is 4.82. The van der Waals surface area contributed by atoms with E-state index in [0.29, 0.717) is 0 Å². The molecule has 0 bridgehead atoms. The van der Waals surface area contributed by atoms with Gasteiger partial charge in [0.05, 0.1) is 0 Å². The van der Waals surface area contributed by atoms with Crippen molar-refractivity contribution in [2.75, 3.05) is 0 Å². The third-order valence-electron chi connectivity index (χ3n) is 0.869. The van der Waals surface area contributed by atoms with Gasteiger partial charge in [-0.1, -0.05) is 39.8 Å². The third-order valence-corrected chi connectivity index (χ3v) is 0.869. The second kappa shape index (κ2) is 17.6. The Bertz CT molecular complexity index is 193. The molecule has 1 amide bonds. The standard InChI is InChI=1S/C7H10N2O.2C2H6/c1-3-4-5-6(9-2)7(8)10;2*1-2/h3-5H,2H2,1H3,(H2,8,10);2*1-2H3/b4-3-,6-5-;;. The van der Waals surface area contributed by atoms with E-state index >= 15 is 0 Å². The van der Waals surface area contributed by atoms with Crippen LogP contribution in [0.2, 0.25) is 0 Å². The summed E-state index contributed by atoms with van der Waals surface area (Å²) in [6, 6.07) is 0. The molecule has 0 saturated heterocycles.